The van der Waals surface area contributed by atoms with E-state index >= 15 is 0 Å². The summed E-state index contributed by atoms with van der Waals surface area (Å²) in [4.78, 5) is 11.9. The summed E-state index contributed by atoms with van der Waals surface area (Å²) in [6.45, 7) is -0.537. The van der Waals surface area contributed by atoms with E-state index in [9.17, 15) is 17.6 Å². The lowest BCUT2D eigenvalue weighted by molar-refractivity contribution is -0.121. The maximum absolute atomic E-state index is 13.7. The van der Waals surface area contributed by atoms with Crippen LogP contribution in [0.25, 0.3) is 0 Å². The van der Waals surface area contributed by atoms with E-state index in [0.29, 0.717) is 5.75 Å². The van der Waals surface area contributed by atoms with E-state index in [1.54, 1.807) is 6.07 Å². The minimum absolute atomic E-state index is 0.00319. The summed E-state index contributed by atoms with van der Waals surface area (Å²) in [6, 6.07) is 8.38. The molecule has 0 heterocycles. The molecule has 0 fully saturated rings. The van der Waals surface area contributed by atoms with Gasteiger partial charge in [-0.1, -0.05) is 17.7 Å². The number of ether oxygens (including phenoxy) is 2. The Bertz CT molecular complexity index is 1010. The Balaban J connectivity index is 2.12. The van der Waals surface area contributed by atoms with Gasteiger partial charge < -0.3 is 9.47 Å². The molecule has 156 valence electrons. The highest BCUT2D eigenvalue weighted by molar-refractivity contribution is 7.89. The molecule has 0 aliphatic carbocycles. The summed E-state index contributed by atoms with van der Waals surface area (Å²) >= 11 is 5.86. The van der Waals surface area contributed by atoms with Gasteiger partial charge in [0.15, 0.2) is 0 Å². The molecule has 0 bridgehead atoms. The van der Waals surface area contributed by atoms with Crippen LogP contribution in [0.15, 0.2) is 46.4 Å². The molecular formula is C18H19ClFN3O5S. The molecule has 0 saturated heterocycles. The Labute approximate surface area is 172 Å². The number of hydrogen-bond acceptors (Lipinski definition) is 6. The molecule has 2 aromatic rings. The normalized spacial score (nSPS) is 11.7. The number of benzene rings is 2. The molecule has 0 saturated carbocycles. The second kappa shape index (κ2) is 9.68. The lowest BCUT2D eigenvalue weighted by Crippen LogP contribution is -2.36. The van der Waals surface area contributed by atoms with Crippen LogP contribution in [0.5, 0.6) is 11.5 Å². The zero-order chi connectivity index (χ0) is 21.6. The highest BCUT2D eigenvalue weighted by Crippen LogP contribution is 2.30. The van der Waals surface area contributed by atoms with Gasteiger partial charge in [-0.2, -0.15) is 9.41 Å². The van der Waals surface area contributed by atoms with Crippen molar-refractivity contribution in [3.8, 4) is 11.5 Å². The summed E-state index contributed by atoms with van der Waals surface area (Å²) in [5.41, 5.74) is 2.13. The van der Waals surface area contributed by atoms with Crippen molar-refractivity contribution < 1.29 is 27.1 Å². The molecule has 11 heteroatoms. The molecule has 0 spiro atoms. The molecule has 0 unspecified atom stereocenters. The highest BCUT2D eigenvalue weighted by atomic mass is 35.5. The fourth-order valence-corrected chi connectivity index (χ4v) is 3.78. The van der Waals surface area contributed by atoms with Gasteiger partial charge in [0, 0.05) is 18.7 Å². The monoisotopic (exact) mass is 443 g/mol. The Morgan fingerprint density at radius 2 is 2.00 bits per heavy atom. The molecule has 0 aliphatic rings. The predicted octanol–water partition coefficient (Wildman–Crippen LogP) is 2.27. The zero-order valence-electron chi connectivity index (χ0n) is 15.8. The molecule has 29 heavy (non-hydrogen) atoms. The van der Waals surface area contributed by atoms with Crippen molar-refractivity contribution in [1.82, 2.24) is 9.73 Å². The predicted molar refractivity (Wildman–Crippen MR) is 107 cm³/mol. The molecule has 8 nitrogen and oxygen atoms in total. The number of nitrogens with zero attached hydrogens (tertiary/aromatic N) is 2. The maximum Gasteiger partial charge on any atom is 0.255 e. The lowest BCUT2D eigenvalue weighted by Gasteiger charge is -2.18. The van der Waals surface area contributed by atoms with Gasteiger partial charge in [-0.05, 0) is 24.3 Å². The molecular weight excluding hydrogens is 425 g/mol. The van der Waals surface area contributed by atoms with Crippen LogP contribution in [-0.2, 0) is 14.8 Å². The number of nitrogens with one attached hydrogen (secondary N) is 1. The highest BCUT2D eigenvalue weighted by Gasteiger charge is 2.27. The van der Waals surface area contributed by atoms with Gasteiger partial charge in [-0.25, -0.2) is 18.2 Å². The topological polar surface area (TPSA) is 97.3 Å². The molecule has 0 atom stereocenters. The van der Waals surface area contributed by atoms with Crippen LogP contribution in [0.4, 0.5) is 4.39 Å². The van der Waals surface area contributed by atoms with Crippen molar-refractivity contribution in [1.29, 1.82) is 0 Å². The van der Waals surface area contributed by atoms with Gasteiger partial charge >= 0.3 is 0 Å². The minimum atomic E-state index is -4.07. The first-order chi connectivity index (χ1) is 13.7. The van der Waals surface area contributed by atoms with Gasteiger partial charge in [-0.15, -0.1) is 0 Å². The lowest BCUT2D eigenvalue weighted by atomic mass is 10.2. The van der Waals surface area contributed by atoms with E-state index in [1.807, 2.05) is 0 Å². The van der Waals surface area contributed by atoms with Crippen LogP contribution in [0.3, 0.4) is 0 Å². The fourth-order valence-electron chi connectivity index (χ4n) is 2.28. The Kier molecular flexibility index (Phi) is 7.54. The Morgan fingerprint density at radius 1 is 1.28 bits per heavy atom. The Hall–Kier alpha value is -2.69. The smallest absolute Gasteiger partial charge is 0.255 e. The van der Waals surface area contributed by atoms with Gasteiger partial charge in [0.05, 0.1) is 32.0 Å². The summed E-state index contributed by atoms with van der Waals surface area (Å²) in [5, 5.41) is 3.74. The third-order valence-electron chi connectivity index (χ3n) is 3.81. The van der Waals surface area contributed by atoms with E-state index in [1.165, 1.54) is 51.6 Å². The number of hydrazone groups is 1. The number of carbonyl (C=O) groups is 1. The van der Waals surface area contributed by atoms with Crippen molar-refractivity contribution in [3.05, 3.63) is 52.8 Å². The first kappa shape index (κ1) is 22.6. The first-order valence-corrected chi connectivity index (χ1v) is 9.96. The van der Waals surface area contributed by atoms with Gasteiger partial charge in [0.25, 0.3) is 5.91 Å². The second-order valence-electron chi connectivity index (χ2n) is 5.71. The third kappa shape index (κ3) is 5.43. The number of methoxy groups -OCH3 is 2. The molecule has 0 aromatic heterocycles. The number of carbonyl (C=O) groups excluding carboxylic acids is 1. The molecule has 2 aromatic carbocycles. The van der Waals surface area contributed by atoms with E-state index in [2.05, 4.69) is 10.5 Å². The fraction of sp³-hybridized carbons (Fsp3) is 0.222. The van der Waals surface area contributed by atoms with E-state index in [4.69, 9.17) is 21.1 Å². The van der Waals surface area contributed by atoms with Crippen LogP contribution in [0.1, 0.15) is 5.56 Å². The van der Waals surface area contributed by atoms with E-state index < -0.39 is 28.3 Å². The van der Waals surface area contributed by atoms with Crippen LogP contribution in [0, 0.1) is 5.82 Å². The molecule has 1 N–H and O–H groups in total. The quantitative estimate of drug-likeness (QED) is 0.498. The SMILES string of the molecule is COc1ccc(OC)c(S(=O)(=O)N(C)CC(=O)N/N=C\c2c(F)cccc2Cl)c1. The summed E-state index contributed by atoms with van der Waals surface area (Å²) in [7, 11) is -0.111. The summed E-state index contributed by atoms with van der Waals surface area (Å²) < 4.78 is 50.2. The number of sulfonamides is 1. The average molecular weight is 444 g/mol. The first-order valence-electron chi connectivity index (χ1n) is 8.15. The number of amides is 1. The third-order valence-corrected chi connectivity index (χ3v) is 5.96. The van der Waals surface area contributed by atoms with E-state index in [-0.39, 0.29) is 21.2 Å². The Morgan fingerprint density at radius 3 is 2.62 bits per heavy atom. The van der Waals surface area contributed by atoms with Crippen molar-refractivity contribution in [3.63, 3.8) is 0 Å². The molecule has 0 aliphatic heterocycles. The summed E-state index contributed by atoms with van der Waals surface area (Å²) in [5.74, 6) is -0.930. The van der Waals surface area contributed by atoms with Gasteiger partial charge in [-0.3, -0.25) is 4.79 Å². The standard InChI is InChI=1S/C18H19ClFN3O5S/c1-23(29(25,26)17-9-12(27-2)7-8-16(17)28-3)11-18(24)22-21-10-13-14(19)5-4-6-15(13)20/h4-10H,11H2,1-3H3,(H,22,24)/b21-10-. The van der Waals surface area contributed by atoms with Crippen molar-refractivity contribution >= 4 is 33.7 Å². The maximum atomic E-state index is 13.7. The molecule has 2 rings (SSSR count). The largest absolute Gasteiger partial charge is 0.497 e. The average Bonchev–Trinajstić information content (AvgIpc) is 2.69. The number of hydrogen-bond donors (Lipinski definition) is 1. The van der Waals surface area contributed by atoms with Crippen LogP contribution in [0.2, 0.25) is 5.02 Å². The van der Waals surface area contributed by atoms with Gasteiger partial charge in [0.2, 0.25) is 10.0 Å². The number of rotatable bonds is 8. The second-order valence-corrected chi connectivity index (χ2v) is 8.13. The molecule has 0 radical (unpaired) electrons. The number of halogens is 2. The van der Waals surface area contributed by atoms with E-state index in [0.717, 1.165) is 10.5 Å². The minimum Gasteiger partial charge on any atom is -0.497 e. The van der Waals surface area contributed by atoms with Crippen LogP contribution in [-0.4, -0.2) is 52.7 Å². The van der Waals surface area contributed by atoms with Crippen LogP contribution < -0.4 is 14.9 Å². The van der Waals surface area contributed by atoms with Crippen molar-refractivity contribution in [2.45, 2.75) is 4.90 Å². The molecule has 1 amide bonds. The van der Waals surface area contributed by atoms with Crippen molar-refractivity contribution in [2.24, 2.45) is 5.10 Å². The number of likely N-dealkylation sites (N-methyl/N-ethyl adjacent to an activating group) is 1. The zero-order valence-corrected chi connectivity index (χ0v) is 17.4. The van der Waals surface area contributed by atoms with Crippen LogP contribution >= 0.6 is 11.6 Å². The van der Waals surface area contributed by atoms with Crippen molar-refractivity contribution in [2.75, 3.05) is 27.8 Å². The van der Waals surface area contributed by atoms with Gasteiger partial charge in [0.1, 0.15) is 22.2 Å². The summed E-state index contributed by atoms with van der Waals surface area (Å²) in [6.07, 6.45) is 1.04.